The van der Waals surface area contributed by atoms with Gasteiger partial charge in [0.25, 0.3) is 0 Å². The van der Waals surface area contributed by atoms with Crippen LogP contribution in [0.4, 0.5) is 5.82 Å². The number of nitrogens with zero attached hydrogens (tertiary/aromatic N) is 4. The number of rotatable bonds is 5. The van der Waals surface area contributed by atoms with Gasteiger partial charge < -0.3 is 10.2 Å². The first-order valence-corrected chi connectivity index (χ1v) is 11.6. The summed E-state index contributed by atoms with van der Waals surface area (Å²) in [6.45, 7) is 2.40. The van der Waals surface area contributed by atoms with E-state index < -0.39 is 0 Å². The summed E-state index contributed by atoms with van der Waals surface area (Å²) in [6, 6.07) is 8.40. The van der Waals surface area contributed by atoms with Crippen molar-refractivity contribution in [2.24, 2.45) is 17.8 Å². The van der Waals surface area contributed by atoms with Crippen LogP contribution in [0.1, 0.15) is 48.1 Å². The highest BCUT2D eigenvalue weighted by molar-refractivity contribution is 5.80. The number of pyridine rings is 2. The third-order valence-electron chi connectivity index (χ3n) is 7.35. The smallest absolute Gasteiger partial charge is 0.223 e. The first-order valence-electron chi connectivity index (χ1n) is 11.6. The molecule has 31 heavy (non-hydrogen) atoms. The Morgan fingerprint density at radius 3 is 3.06 bits per heavy atom. The summed E-state index contributed by atoms with van der Waals surface area (Å²) in [6.07, 6.45) is 10.9. The average molecular weight is 416 g/mol. The zero-order chi connectivity index (χ0) is 21.2. The standard InChI is InChI=1S/C25H29N5O/c26-14-20-12-19-5-1-2-6-23(19)29-24(20)30-11-8-18-13-21(22(18)16-30)25(31)28-10-7-17-4-3-9-27-15-17/h3-4,9,12,15,18,21-22H,1-2,5-8,10-11,13,16H2,(H,28,31)/t18-,21-,22-/m1/s1. The number of anilines is 1. The van der Waals surface area contributed by atoms with Gasteiger partial charge in [-0.05, 0) is 80.0 Å². The van der Waals surface area contributed by atoms with E-state index in [1.54, 1.807) is 6.20 Å². The Kier molecular flexibility index (Phi) is 5.59. The van der Waals surface area contributed by atoms with Crippen molar-refractivity contribution in [3.05, 3.63) is 53.0 Å². The van der Waals surface area contributed by atoms with Crippen molar-refractivity contribution < 1.29 is 4.79 Å². The van der Waals surface area contributed by atoms with Crippen molar-refractivity contribution in [1.82, 2.24) is 15.3 Å². The predicted octanol–water partition coefficient (Wildman–Crippen LogP) is 3.05. The molecule has 3 atom stereocenters. The maximum Gasteiger partial charge on any atom is 0.223 e. The first-order chi connectivity index (χ1) is 15.2. The number of aromatic nitrogens is 2. The number of hydrogen-bond donors (Lipinski definition) is 1. The molecular formula is C25H29N5O. The van der Waals surface area contributed by atoms with Crippen molar-refractivity contribution in [2.75, 3.05) is 24.5 Å². The Morgan fingerprint density at radius 2 is 2.23 bits per heavy atom. The van der Waals surface area contributed by atoms with Gasteiger partial charge >= 0.3 is 0 Å². The van der Waals surface area contributed by atoms with Crippen molar-refractivity contribution in [3.63, 3.8) is 0 Å². The lowest BCUT2D eigenvalue weighted by molar-refractivity contribution is -0.133. The SMILES string of the molecule is N#Cc1cc2c(nc1N1CC[C@@H]3C[C@@H](C(=O)NCCc4cccnc4)[C@@H]3C1)CCCC2. The fraction of sp³-hybridized carbons (Fsp3) is 0.520. The summed E-state index contributed by atoms with van der Waals surface area (Å²) in [5.74, 6) is 2.06. The van der Waals surface area contributed by atoms with Crippen LogP contribution >= 0.6 is 0 Å². The van der Waals surface area contributed by atoms with Crippen molar-refractivity contribution in [2.45, 2.75) is 44.9 Å². The summed E-state index contributed by atoms with van der Waals surface area (Å²) < 4.78 is 0. The molecule has 1 N–H and O–H groups in total. The molecule has 3 aliphatic rings. The number of amides is 1. The predicted molar refractivity (Wildman–Crippen MR) is 118 cm³/mol. The first kappa shape index (κ1) is 20.0. The minimum absolute atomic E-state index is 0.0739. The molecule has 0 spiro atoms. The second-order valence-corrected chi connectivity index (χ2v) is 9.19. The van der Waals surface area contributed by atoms with E-state index >= 15 is 0 Å². The minimum atomic E-state index is 0.0739. The fourth-order valence-electron chi connectivity index (χ4n) is 5.53. The molecule has 1 saturated heterocycles. The highest BCUT2D eigenvalue weighted by Crippen LogP contribution is 2.46. The molecule has 6 nitrogen and oxygen atoms in total. The molecule has 0 unspecified atom stereocenters. The van der Waals surface area contributed by atoms with Crippen LogP contribution in [0.5, 0.6) is 0 Å². The number of carbonyl (C=O) groups excluding carboxylic acids is 1. The Bertz CT molecular complexity index is 999. The molecule has 160 valence electrons. The molecule has 2 aromatic heterocycles. The molecule has 1 amide bonds. The number of fused-ring (bicyclic) bond motifs is 2. The third-order valence-corrected chi connectivity index (χ3v) is 7.35. The topological polar surface area (TPSA) is 81.9 Å². The van der Waals surface area contributed by atoms with Crippen LogP contribution in [0.25, 0.3) is 0 Å². The zero-order valence-corrected chi connectivity index (χ0v) is 17.9. The molecule has 2 aliphatic carbocycles. The van der Waals surface area contributed by atoms with Gasteiger partial charge in [0.05, 0.1) is 5.56 Å². The molecule has 1 saturated carbocycles. The van der Waals surface area contributed by atoms with Crippen molar-refractivity contribution in [1.29, 1.82) is 5.26 Å². The van der Waals surface area contributed by atoms with Gasteiger partial charge in [-0.15, -0.1) is 0 Å². The van der Waals surface area contributed by atoms with E-state index in [1.807, 2.05) is 18.3 Å². The van der Waals surface area contributed by atoms with E-state index in [0.29, 0.717) is 23.9 Å². The van der Waals surface area contributed by atoms with Gasteiger partial charge in [-0.3, -0.25) is 9.78 Å². The van der Waals surface area contributed by atoms with Crippen LogP contribution < -0.4 is 10.2 Å². The molecule has 1 aliphatic heterocycles. The molecule has 0 bridgehead atoms. The lowest BCUT2D eigenvalue weighted by atomic mass is 9.61. The molecule has 0 aromatic carbocycles. The summed E-state index contributed by atoms with van der Waals surface area (Å²) in [4.78, 5) is 24.2. The lowest BCUT2D eigenvalue weighted by Crippen LogP contribution is -2.55. The van der Waals surface area contributed by atoms with Crippen LogP contribution in [0.3, 0.4) is 0 Å². The van der Waals surface area contributed by atoms with Gasteiger partial charge in [0.15, 0.2) is 0 Å². The quantitative estimate of drug-likeness (QED) is 0.812. The van der Waals surface area contributed by atoms with Crippen LogP contribution in [0.15, 0.2) is 30.6 Å². The number of hydrogen-bond acceptors (Lipinski definition) is 5. The van der Waals surface area contributed by atoms with Gasteiger partial charge in [0.2, 0.25) is 5.91 Å². The number of aryl methyl sites for hydroxylation is 2. The van der Waals surface area contributed by atoms with Gasteiger partial charge in [-0.1, -0.05) is 6.07 Å². The third kappa shape index (κ3) is 4.01. The minimum Gasteiger partial charge on any atom is -0.356 e. The van der Waals surface area contributed by atoms with Crippen LogP contribution in [-0.4, -0.2) is 35.5 Å². The van der Waals surface area contributed by atoms with Crippen molar-refractivity contribution in [3.8, 4) is 6.07 Å². The highest BCUT2D eigenvalue weighted by atomic mass is 16.1. The molecular weight excluding hydrogens is 386 g/mol. The number of carbonyl (C=O) groups is 1. The molecule has 3 heterocycles. The maximum absolute atomic E-state index is 12.8. The second kappa shape index (κ2) is 8.66. The van der Waals surface area contributed by atoms with Gasteiger partial charge in [-0.2, -0.15) is 5.26 Å². The summed E-state index contributed by atoms with van der Waals surface area (Å²) in [7, 11) is 0. The lowest BCUT2D eigenvalue weighted by Gasteiger charge is -2.50. The van der Waals surface area contributed by atoms with Crippen molar-refractivity contribution >= 4 is 11.7 Å². The van der Waals surface area contributed by atoms with E-state index in [1.165, 1.54) is 24.1 Å². The van der Waals surface area contributed by atoms with E-state index in [0.717, 1.165) is 56.6 Å². The number of piperidine rings is 1. The van der Waals surface area contributed by atoms with Gasteiger partial charge in [-0.25, -0.2) is 4.98 Å². The molecule has 5 rings (SSSR count). The molecule has 2 fully saturated rings. The normalized spacial score (nSPS) is 24.4. The molecule has 0 radical (unpaired) electrons. The number of nitriles is 1. The second-order valence-electron chi connectivity index (χ2n) is 9.19. The Balaban J connectivity index is 1.23. The summed E-state index contributed by atoms with van der Waals surface area (Å²) in [5.41, 5.74) is 4.24. The van der Waals surface area contributed by atoms with E-state index in [2.05, 4.69) is 27.3 Å². The van der Waals surface area contributed by atoms with Crippen LogP contribution in [0, 0.1) is 29.1 Å². The number of nitrogens with one attached hydrogen (secondary N) is 1. The largest absolute Gasteiger partial charge is 0.356 e. The van der Waals surface area contributed by atoms with Crippen LogP contribution in [0.2, 0.25) is 0 Å². The average Bonchev–Trinajstić information content (AvgIpc) is 2.79. The van der Waals surface area contributed by atoms with Gasteiger partial charge in [0, 0.05) is 43.6 Å². The summed E-state index contributed by atoms with van der Waals surface area (Å²) in [5, 5.41) is 12.9. The molecule has 2 aromatic rings. The Labute approximate surface area is 183 Å². The van der Waals surface area contributed by atoms with E-state index in [-0.39, 0.29) is 11.8 Å². The zero-order valence-electron chi connectivity index (χ0n) is 17.9. The van der Waals surface area contributed by atoms with Gasteiger partial charge in [0.1, 0.15) is 11.9 Å². The Hall–Kier alpha value is -2.94. The Morgan fingerprint density at radius 1 is 1.32 bits per heavy atom. The maximum atomic E-state index is 12.8. The van der Waals surface area contributed by atoms with Crippen LogP contribution in [-0.2, 0) is 24.1 Å². The molecule has 6 heteroatoms. The summed E-state index contributed by atoms with van der Waals surface area (Å²) >= 11 is 0. The van der Waals surface area contributed by atoms with E-state index in [4.69, 9.17) is 4.98 Å². The monoisotopic (exact) mass is 415 g/mol. The van der Waals surface area contributed by atoms with E-state index in [9.17, 15) is 10.1 Å². The fourth-order valence-corrected chi connectivity index (χ4v) is 5.53. The highest BCUT2D eigenvalue weighted by Gasteiger charge is 2.48.